The Morgan fingerprint density at radius 3 is 3.00 bits per heavy atom. The highest BCUT2D eigenvalue weighted by molar-refractivity contribution is 5.33. The molecule has 1 unspecified atom stereocenters. The number of nitrogens with zero attached hydrogens (tertiary/aromatic N) is 1. The molecule has 0 aromatic heterocycles. The van der Waals surface area contributed by atoms with Crippen molar-refractivity contribution in [2.45, 2.75) is 32.7 Å². The number of nitrogens with one attached hydrogen (secondary N) is 1. The molecule has 0 saturated carbocycles. The van der Waals surface area contributed by atoms with Gasteiger partial charge in [0.05, 0.1) is 0 Å². The highest BCUT2D eigenvalue weighted by Gasteiger charge is 2.21. The van der Waals surface area contributed by atoms with E-state index >= 15 is 0 Å². The molecule has 1 atom stereocenters. The van der Waals surface area contributed by atoms with Crippen LogP contribution in [0.25, 0.3) is 0 Å². The number of hydrogen-bond acceptors (Lipinski definition) is 3. The van der Waals surface area contributed by atoms with Crippen molar-refractivity contribution in [1.82, 2.24) is 10.2 Å². The van der Waals surface area contributed by atoms with E-state index < -0.39 is 0 Å². The van der Waals surface area contributed by atoms with Gasteiger partial charge in [-0.1, -0.05) is 31.5 Å². The third kappa shape index (κ3) is 4.50. The van der Waals surface area contributed by atoms with Gasteiger partial charge in [-0.15, -0.1) is 0 Å². The molecule has 3 nitrogen and oxygen atoms in total. The molecular formula is C17H28N2O. The van der Waals surface area contributed by atoms with Gasteiger partial charge in [0.15, 0.2) is 0 Å². The summed E-state index contributed by atoms with van der Waals surface area (Å²) < 4.78 is 5.97. The molecule has 0 radical (unpaired) electrons. The maximum absolute atomic E-state index is 5.97. The smallest absolute Gasteiger partial charge is 0.123 e. The highest BCUT2D eigenvalue weighted by atomic mass is 16.5. The number of ether oxygens (including phenoxy) is 1. The third-order valence-electron chi connectivity index (χ3n) is 4.07. The largest absolute Gasteiger partial charge is 0.492 e. The van der Waals surface area contributed by atoms with Crippen molar-refractivity contribution in [2.75, 3.05) is 33.3 Å². The van der Waals surface area contributed by atoms with Crippen molar-refractivity contribution in [3.63, 3.8) is 0 Å². The van der Waals surface area contributed by atoms with Gasteiger partial charge in [0.25, 0.3) is 0 Å². The predicted molar refractivity (Wildman–Crippen MR) is 84.2 cm³/mol. The van der Waals surface area contributed by atoms with Gasteiger partial charge in [0.2, 0.25) is 0 Å². The van der Waals surface area contributed by atoms with Crippen LogP contribution in [0.2, 0.25) is 0 Å². The number of hydrogen-bond donors (Lipinski definition) is 1. The summed E-state index contributed by atoms with van der Waals surface area (Å²) in [7, 11) is 1.97. The van der Waals surface area contributed by atoms with Crippen LogP contribution < -0.4 is 10.1 Å². The first kappa shape index (κ1) is 15.3. The van der Waals surface area contributed by atoms with E-state index in [-0.39, 0.29) is 0 Å². The lowest BCUT2D eigenvalue weighted by Crippen LogP contribution is -2.26. The van der Waals surface area contributed by atoms with Gasteiger partial charge >= 0.3 is 0 Å². The van der Waals surface area contributed by atoms with Crippen LogP contribution in [0.15, 0.2) is 24.3 Å². The molecule has 1 aliphatic heterocycles. The molecule has 1 aliphatic rings. The van der Waals surface area contributed by atoms with Crippen molar-refractivity contribution in [3.8, 4) is 5.75 Å². The fourth-order valence-corrected chi connectivity index (χ4v) is 3.03. The summed E-state index contributed by atoms with van der Waals surface area (Å²) in [5.41, 5.74) is 1.24. The third-order valence-corrected chi connectivity index (χ3v) is 4.07. The predicted octanol–water partition coefficient (Wildman–Crippen LogP) is 2.91. The van der Waals surface area contributed by atoms with Crippen molar-refractivity contribution >= 4 is 0 Å². The lowest BCUT2D eigenvalue weighted by Gasteiger charge is -2.17. The van der Waals surface area contributed by atoms with Gasteiger partial charge in [0.1, 0.15) is 12.4 Å². The summed E-state index contributed by atoms with van der Waals surface area (Å²) in [5, 5.41) is 3.19. The Hall–Kier alpha value is -1.06. The van der Waals surface area contributed by atoms with Crippen molar-refractivity contribution in [2.24, 2.45) is 5.92 Å². The van der Waals surface area contributed by atoms with E-state index in [1.165, 1.54) is 37.9 Å². The Bertz CT molecular complexity index is 394. The van der Waals surface area contributed by atoms with E-state index in [0.717, 1.165) is 31.4 Å². The minimum Gasteiger partial charge on any atom is -0.492 e. The first-order valence-corrected chi connectivity index (χ1v) is 7.91. The van der Waals surface area contributed by atoms with Crippen LogP contribution in [0.4, 0.5) is 0 Å². The van der Waals surface area contributed by atoms with Gasteiger partial charge in [-0.25, -0.2) is 0 Å². The van der Waals surface area contributed by atoms with Crippen LogP contribution in [-0.4, -0.2) is 38.2 Å². The zero-order valence-corrected chi connectivity index (χ0v) is 12.9. The first-order chi connectivity index (χ1) is 9.83. The van der Waals surface area contributed by atoms with E-state index in [0.29, 0.717) is 0 Å². The van der Waals surface area contributed by atoms with E-state index in [9.17, 15) is 0 Å². The van der Waals surface area contributed by atoms with Crippen molar-refractivity contribution < 1.29 is 4.74 Å². The van der Waals surface area contributed by atoms with Crippen LogP contribution >= 0.6 is 0 Å². The first-order valence-electron chi connectivity index (χ1n) is 7.91. The molecule has 0 bridgehead atoms. The Kier molecular flexibility index (Phi) is 6.34. The Labute approximate surface area is 123 Å². The maximum Gasteiger partial charge on any atom is 0.123 e. The minimum atomic E-state index is 0.791. The van der Waals surface area contributed by atoms with Gasteiger partial charge in [-0.2, -0.15) is 0 Å². The standard InChI is InChI=1S/C17H28N2O/c1-3-6-15-9-10-19(14-15)11-12-20-17-8-5-4-7-16(17)13-18-2/h4-5,7-8,15,18H,3,6,9-14H2,1-2H3. The lowest BCUT2D eigenvalue weighted by atomic mass is 10.0. The summed E-state index contributed by atoms with van der Waals surface area (Å²) in [6.45, 7) is 7.48. The topological polar surface area (TPSA) is 24.5 Å². The minimum absolute atomic E-state index is 0.791. The number of para-hydroxylation sites is 1. The van der Waals surface area contributed by atoms with Gasteiger partial charge in [0, 0.05) is 25.2 Å². The highest BCUT2D eigenvalue weighted by Crippen LogP contribution is 2.21. The van der Waals surface area contributed by atoms with Crippen molar-refractivity contribution in [3.05, 3.63) is 29.8 Å². The molecule has 20 heavy (non-hydrogen) atoms. The van der Waals surface area contributed by atoms with Gasteiger partial charge < -0.3 is 10.1 Å². The monoisotopic (exact) mass is 276 g/mol. The van der Waals surface area contributed by atoms with Crippen molar-refractivity contribution in [1.29, 1.82) is 0 Å². The Morgan fingerprint density at radius 1 is 1.35 bits per heavy atom. The molecular weight excluding hydrogens is 248 g/mol. The SMILES string of the molecule is CCCC1CCN(CCOc2ccccc2CNC)C1. The van der Waals surface area contributed by atoms with E-state index in [1.807, 2.05) is 13.1 Å². The summed E-state index contributed by atoms with van der Waals surface area (Å²) >= 11 is 0. The van der Waals surface area contributed by atoms with Crippen LogP contribution in [0.1, 0.15) is 31.7 Å². The van der Waals surface area contributed by atoms with Gasteiger partial charge in [-0.3, -0.25) is 4.90 Å². The molecule has 1 N–H and O–H groups in total. The molecule has 1 saturated heterocycles. The van der Waals surface area contributed by atoms with Crippen LogP contribution in [0.5, 0.6) is 5.75 Å². The van der Waals surface area contributed by atoms with E-state index in [4.69, 9.17) is 4.74 Å². The maximum atomic E-state index is 5.97. The van der Waals surface area contributed by atoms with Crippen LogP contribution in [-0.2, 0) is 6.54 Å². The number of benzene rings is 1. The molecule has 112 valence electrons. The molecule has 1 fully saturated rings. The average Bonchev–Trinajstić information content (AvgIpc) is 2.89. The zero-order chi connectivity index (χ0) is 14.2. The quantitative estimate of drug-likeness (QED) is 0.790. The van der Waals surface area contributed by atoms with E-state index in [1.54, 1.807) is 0 Å². The summed E-state index contributed by atoms with van der Waals surface area (Å²) in [6, 6.07) is 8.30. The molecule has 0 amide bonds. The van der Waals surface area contributed by atoms with Gasteiger partial charge in [-0.05, 0) is 38.4 Å². The fourth-order valence-electron chi connectivity index (χ4n) is 3.03. The molecule has 3 heteroatoms. The average molecular weight is 276 g/mol. The second kappa shape index (κ2) is 8.28. The molecule has 1 aromatic carbocycles. The second-order valence-electron chi connectivity index (χ2n) is 5.73. The summed E-state index contributed by atoms with van der Waals surface area (Å²) in [4.78, 5) is 2.54. The van der Waals surface area contributed by atoms with Crippen LogP contribution in [0, 0.1) is 5.92 Å². The number of likely N-dealkylation sites (tertiary alicyclic amines) is 1. The fraction of sp³-hybridized carbons (Fsp3) is 0.647. The number of rotatable bonds is 8. The Morgan fingerprint density at radius 2 is 2.20 bits per heavy atom. The Balaban J connectivity index is 1.73. The van der Waals surface area contributed by atoms with Crippen LogP contribution in [0.3, 0.4) is 0 Å². The molecule has 2 rings (SSSR count). The summed E-state index contributed by atoms with van der Waals surface area (Å²) in [6.07, 6.45) is 4.05. The molecule has 1 aromatic rings. The normalized spacial score (nSPS) is 19.4. The molecule has 0 spiro atoms. The zero-order valence-electron chi connectivity index (χ0n) is 12.9. The molecule has 0 aliphatic carbocycles. The summed E-state index contributed by atoms with van der Waals surface area (Å²) in [5.74, 6) is 1.93. The second-order valence-corrected chi connectivity index (χ2v) is 5.73. The van der Waals surface area contributed by atoms with E-state index in [2.05, 4.69) is 35.3 Å². The molecule has 1 heterocycles. The lowest BCUT2D eigenvalue weighted by molar-refractivity contribution is 0.230.